The quantitative estimate of drug-likeness (QED) is 0.357. The summed E-state index contributed by atoms with van der Waals surface area (Å²) in [5.41, 5.74) is 1.16. The summed E-state index contributed by atoms with van der Waals surface area (Å²) in [6.45, 7) is 0. The molecule has 0 aliphatic carbocycles. The lowest BCUT2D eigenvalue weighted by molar-refractivity contribution is -0.384. The number of carbonyl (C=O) groups is 1. The van der Waals surface area contributed by atoms with Crippen LogP contribution in [-0.4, -0.2) is 35.9 Å². The van der Waals surface area contributed by atoms with Crippen molar-refractivity contribution in [1.82, 2.24) is 19.3 Å². The molecular formula is C17H17ClN6O3S. The Morgan fingerprint density at radius 2 is 2.11 bits per heavy atom. The van der Waals surface area contributed by atoms with Gasteiger partial charge in [-0.2, -0.15) is 0 Å². The van der Waals surface area contributed by atoms with Crippen LogP contribution in [0.1, 0.15) is 11.5 Å². The number of aromatic nitrogens is 4. The molecule has 0 spiro atoms. The Labute approximate surface area is 169 Å². The zero-order valence-electron chi connectivity index (χ0n) is 15.1. The van der Waals surface area contributed by atoms with Gasteiger partial charge >= 0.3 is 0 Å². The number of nitrogens with one attached hydrogen (secondary N) is 1. The van der Waals surface area contributed by atoms with Gasteiger partial charge in [0.2, 0.25) is 5.91 Å². The molecular weight excluding hydrogens is 404 g/mol. The molecule has 0 aliphatic heterocycles. The Morgan fingerprint density at radius 3 is 2.79 bits per heavy atom. The van der Waals surface area contributed by atoms with Crippen LogP contribution in [0.25, 0.3) is 0 Å². The van der Waals surface area contributed by atoms with Gasteiger partial charge in [0.15, 0.2) is 5.16 Å². The van der Waals surface area contributed by atoms with Crippen LogP contribution < -0.4 is 5.32 Å². The lowest BCUT2D eigenvalue weighted by Crippen LogP contribution is -2.14. The molecule has 9 nitrogen and oxygen atoms in total. The smallest absolute Gasteiger partial charge is 0.289 e. The van der Waals surface area contributed by atoms with Gasteiger partial charge in [-0.3, -0.25) is 14.9 Å². The Balaban J connectivity index is 1.60. The first-order chi connectivity index (χ1) is 13.3. The van der Waals surface area contributed by atoms with E-state index in [0.29, 0.717) is 17.3 Å². The number of rotatable bonds is 7. The van der Waals surface area contributed by atoms with Crippen LogP contribution in [0.3, 0.4) is 0 Å². The third-order valence-corrected chi connectivity index (χ3v) is 5.41. The normalized spacial score (nSPS) is 10.8. The number of nitro groups is 1. The van der Waals surface area contributed by atoms with Crippen LogP contribution >= 0.6 is 23.4 Å². The molecule has 1 N–H and O–H groups in total. The third-order valence-electron chi connectivity index (χ3n) is 4.07. The number of halogens is 1. The van der Waals surface area contributed by atoms with Crippen LogP contribution in [0, 0.1) is 10.1 Å². The Morgan fingerprint density at radius 1 is 1.32 bits per heavy atom. The van der Waals surface area contributed by atoms with Gasteiger partial charge in [-0.15, -0.1) is 10.2 Å². The fraction of sp³-hybridized carbons (Fsp3) is 0.235. The number of benzene rings is 1. The highest BCUT2D eigenvalue weighted by molar-refractivity contribution is 7.99. The standard InChI is InChI=1S/C17H17ClN6O3S/c1-22-7-3-4-12(22)9-15-20-21-17(23(15)2)28-10-16(25)19-11-5-6-13(18)14(8-11)24(26)27/h3-8H,9-10H2,1-2H3,(H,19,25). The maximum atomic E-state index is 12.2. The summed E-state index contributed by atoms with van der Waals surface area (Å²) >= 11 is 7.01. The van der Waals surface area contributed by atoms with Gasteiger partial charge in [-0.1, -0.05) is 23.4 Å². The number of nitrogens with zero attached hydrogens (tertiary/aromatic N) is 5. The SMILES string of the molecule is Cn1cccc1Cc1nnc(SCC(=O)Nc2ccc(Cl)c([N+](=O)[O-])c2)n1C. The van der Waals surface area contributed by atoms with Crippen molar-refractivity contribution in [2.24, 2.45) is 14.1 Å². The van der Waals surface area contributed by atoms with E-state index in [4.69, 9.17) is 11.6 Å². The fourth-order valence-corrected chi connectivity index (χ4v) is 3.44. The van der Waals surface area contributed by atoms with Gasteiger partial charge in [0.25, 0.3) is 5.69 Å². The number of aryl methyl sites for hydroxylation is 1. The monoisotopic (exact) mass is 420 g/mol. The maximum Gasteiger partial charge on any atom is 0.289 e. The van der Waals surface area contributed by atoms with Crippen LogP contribution in [-0.2, 0) is 25.3 Å². The van der Waals surface area contributed by atoms with E-state index < -0.39 is 4.92 Å². The highest BCUT2D eigenvalue weighted by Gasteiger charge is 2.16. The van der Waals surface area contributed by atoms with Gasteiger partial charge in [-0.25, -0.2) is 0 Å². The molecule has 146 valence electrons. The van der Waals surface area contributed by atoms with E-state index in [-0.39, 0.29) is 22.4 Å². The average molecular weight is 421 g/mol. The molecule has 0 aliphatic rings. The second-order valence-corrected chi connectivity index (χ2v) is 7.35. The van der Waals surface area contributed by atoms with Crippen molar-refractivity contribution in [1.29, 1.82) is 0 Å². The highest BCUT2D eigenvalue weighted by atomic mass is 35.5. The lowest BCUT2D eigenvalue weighted by atomic mass is 10.3. The van der Waals surface area contributed by atoms with Gasteiger partial charge < -0.3 is 14.5 Å². The lowest BCUT2D eigenvalue weighted by Gasteiger charge is -2.06. The highest BCUT2D eigenvalue weighted by Crippen LogP contribution is 2.27. The molecule has 0 fully saturated rings. The minimum atomic E-state index is -0.597. The zero-order chi connectivity index (χ0) is 20.3. The number of hydrogen-bond acceptors (Lipinski definition) is 6. The first-order valence-corrected chi connectivity index (χ1v) is 9.56. The van der Waals surface area contributed by atoms with E-state index >= 15 is 0 Å². The van der Waals surface area contributed by atoms with Gasteiger partial charge in [-0.05, 0) is 24.3 Å². The third kappa shape index (κ3) is 4.52. The van der Waals surface area contributed by atoms with Crippen molar-refractivity contribution in [3.63, 3.8) is 0 Å². The topological polar surface area (TPSA) is 108 Å². The van der Waals surface area contributed by atoms with Crippen molar-refractivity contribution in [3.05, 3.63) is 63.2 Å². The summed E-state index contributed by atoms with van der Waals surface area (Å²) in [7, 11) is 3.81. The molecule has 11 heteroatoms. The van der Waals surface area contributed by atoms with Crippen molar-refractivity contribution >= 4 is 40.6 Å². The molecule has 0 radical (unpaired) electrons. The summed E-state index contributed by atoms with van der Waals surface area (Å²) < 4.78 is 3.86. The molecule has 0 bridgehead atoms. The molecule has 28 heavy (non-hydrogen) atoms. The van der Waals surface area contributed by atoms with Crippen LogP contribution in [0.4, 0.5) is 11.4 Å². The molecule has 0 saturated carbocycles. The first-order valence-electron chi connectivity index (χ1n) is 8.20. The summed E-state index contributed by atoms with van der Waals surface area (Å²) in [5.74, 6) is 0.568. The minimum Gasteiger partial charge on any atom is -0.354 e. The Hall–Kier alpha value is -2.85. The predicted octanol–water partition coefficient (Wildman–Crippen LogP) is 3.04. The van der Waals surface area contributed by atoms with Crippen LogP contribution in [0.15, 0.2) is 41.7 Å². The molecule has 3 aromatic rings. The second-order valence-electron chi connectivity index (χ2n) is 6.01. The molecule has 2 heterocycles. The molecule has 0 atom stereocenters. The van der Waals surface area contributed by atoms with Crippen molar-refractivity contribution < 1.29 is 9.72 Å². The van der Waals surface area contributed by atoms with Crippen molar-refractivity contribution in [3.8, 4) is 0 Å². The van der Waals surface area contributed by atoms with Crippen LogP contribution in [0.5, 0.6) is 0 Å². The number of amides is 1. The van der Waals surface area contributed by atoms with Gasteiger partial charge in [0.05, 0.1) is 10.7 Å². The average Bonchev–Trinajstić information content (AvgIpc) is 3.21. The van der Waals surface area contributed by atoms with E-state index in [1.54, 1.807) is 0 Å². The summed E-state index contributed by atoms with van der Waals surface area (Å²) in [5, 5.41) is 22.5. The maximum absolute atomic E-state index is 12.2. The Bertz CT molecular complexity index is 1030. The summed E-state index contributed by atoms with van der Waals surface area (Å²) in [6, 6.07) is 8.09. The number of anilines is 1. The number of carbonyl (C=O) groups excluding carboxylic acids is 1. The molecule has 1 aromatic carbocycles. The predicted molar refractivity (Wildman–Crippen MR) is 107 cm³/mol. The van der Waals surface area contributed by atoms with Gasteiger partial charge in [0.1, 0.15) is 10.8 Å². The largest absolute Gasteiger partial charge is 0.354 e. The van der Waals surface area contributed by atoms with Crippen molar-refractivity contribution in [2.45, 2.75) is 11.6 Å². The minimum absolute atomic E-state index is 0.0159. The number of hydrogen-bond donors (Lipinski definition) is 1. The molecule has 0 saturated heterocycles. The van der Waals surface area contributed by atoms with E-state index in [0.717, 1.165) is 11.5 Å². The van der Waals surface area contributed by atoms with E-state index in [1.807, 2.05) is 41.6 Å². The first kappa shape index (κ1) is 19.9. The molecule has 0 unspecified atom stereocenters. The van der Waals surface area contributed by atoms with E-state index in [1.165, 1.54) is 30.0 Å². The van der Waals surface area contributed by atoms with E-state index in [9.17, 15) is 14.9 Å². The summed E-state index contributed by atoms with van der Waals surface area (Å²) in [4.78, 5) is 22.5. The van der Waals surface area contributed by atoms with E-state index in [2.05, 4.69) is 15.5 Å². The molecule has 3 rings (SSSR count). The number of nitro benzene ring substituents is 1. The number of thioether (sulfide) groups is 1. The molecule has 1 amide bonds. The van der Waals surface area contributed by atoms with Crippen molar-refractivity contribution in [2.75, 3.05) is 11.1 Å². The summed E-state index contributed by atoms with van der Waals surface area (Å²) in [6.07, 6.45) is 2.60. The Kier molecular flexibility index (Phi) is 6.00. The second kappa shape index (κ2) is 8.44. The molecule has 2 aromatic heterocycles. The zero-order valence-corrected chi connectivity index (χ0v) is 16.7. The van der Waals surface area contributed by atoms with Crippen LogP contribution in [0.2, 0.25) is 5.02 Å². The fourth-order valence-electron chi connectivity index (χ4n) is 2.52. The van der Waals surface area contributed by atoms with Gasteiger partial charge in [0, 0.05) is 44.2 Å².